The molecule has 0 aliphatic carbocycles. The van der Waals surface area contributed by atoms with Gasteiger partial charge < -0.3 is 14.8 Å². The molecule has 0 aromatic heterocycles. The number of benzene rings is 2. The fourth-order valence-electron chi connectivity index (χ4n) is 2.61. The van der Waals surface area contributed by atoms with Crippen molar-refractivity contribution >= 4 is 52.2 Å². The van der Waals surface area contributed by atoms with Gasteiger partial charge in [-0.3, -0.25) is 19.3 Å². The molecule has 1 aliphatic rings. The van der Waals surface area contributed by atoms with Crippen molar-refractivity contribution < 1.29 is 23.9 Å². The Kier molecular flexibility index (Phi) is 6.46. The van der Waals surface area contributed by atoms with Gasteiger partial charge in [0.1, 0.15) is 6.54 Å². The van der Waals surface area contributed by atoms with Crippen molar-refractivity contribution in [1.29, 1.82) is 0 Å². The molecule has 0 bridgehead atoms. The molecule has 1 saturated heterocycles. The van der Waals surface area contributed by atoms with Crippen LogP contribution in [0.25, 0.3) is 6.08 Å². The molecule has 1 aliphatic heterocycles. The van der Waals surface area contributed by atoms with E-state index in [0.29, 0.717) is 27.8 Å². The number of thioether (sulfide) groups is 1. The van der Waals surface area contributed by atoms with E-state index in [4.69, 9.17) is 21.1 Å². The van der Waals surface area contributed by atoms with Crippen LogP contribution in [0.1, 0.15) is 5.56 Å². The van der Waals surface area contributed by atoms with Crippen LogP contribution in [-0.2, 0) is 9.59 Å². The van der Waals surface area contributed by atoms with Gasteiger partial charge in [0.25, 0.3) is 11.1 Å². The van der Waals surface area contributed by atoms with Crippen molar-refractivity contribution in [2.45, 2.75) is 0 Å². The first-order chi connectivity index (χ1) is 13.9. The molecule has 7 nitrogen and oxygen atoms in total. The Morgan fingerprint density at radius 1 is 1.10 bits per heavy atom. The van der Waals surface area contributed by atoms with Crippen LogP contribution in [0.5, 0.6) is 11.5 Å². The molecule has 1 fully saturated rings. The molecule has 3 amide bonds. The van der Waals surface area contributed by atoms with Gasteiger partial charge >= 0.3 is 0 Å². The normalized spacial score (nSPS) is 15.0. The molecule has 0 unspecified atom stereocenters. The number of halogens is 1. The summed E-state index contributed by atoms with van der Waals surface area (Å²) in [6.45, 7) is -0.378. The van der Waals surface area contributed by atoms with Gasteiger partial charge in [-0.15, -0.1) is 0 Å². The molecule has 3 rings (SSSR count). The number of nitrogens with one attached hydrogen (secondary N) is 1. The molecule has 9 heteroatoms. The van der Waals surface area contributed by atoms with Crippen LogP contribution in [0, 0.1) is 0 Å². The van der Waals surface area contributed by atoms with Crippen molar-refractivity contribution in [3.63, 3.8) is 0 Å². The maximum Gasteiger partial charge on any atom is 0.294 e. The van der Waals surface area contributed by atoms with Crippen LogP contribution in [0.2, 0.25) is 5.02 Å². The van der Waals surface area contributed by atoms with E-state index in [-0.39, 0.29) is 11.4 Å². The van der Waals surface area contributed by atoms with Gasteiger partial charge in [0, 0.05) is 10.7 Å². The highest BCUT2D eigenvalue weighted by Gasteiger charge is 2.36. The Hall–Kier alpha value is -2.97. The predicted molar refractivity (Wildman–Crippen MR) is 112 cm³/mol. The smallest absolute Gasteiger partial charge is 0.294 e. The number of hydrogen-bond acceptors (Lipinski definition) is 6. The second kappa shape index (κ2) is 9.02. The second-order valence-corrected chi connectivity index (χ2v) is 7.37. The van der Waals surface area contributed by atoms with Gasteiger partial charge in [0.15, 0.2) is 11.5 Å². The van der Waals surface area contributed by atoms with Crippen LogP contribution in [0.3, 0.4) is 0 Å². The van der Waals surface area contributed by atoms with Crippen LogP contribution in [-0.4, -0.2) is 42.7 Å². The largest absolute Gasteiger partial charge is 0.493 e. The zero-order chi connectivity index (χ0) is 21.0. The number of ether oxygens (including phenoxy) is 2. The third kappa shape index (κ3) is 4.90. The monoisotopic (exact) mass is 432 g/mol. The van der Waals surface area contributed by atoms with E-state index < -0.39 is 17.1 Å². The number of rotatable bonds is 6. The molecule has 0 saturated carbocycles. The number of anilines is 1. The molecular formula is C20H17ClN2O5S. The molecular weight excluding hydrogens is 416 g/mol. The second-order valence-electron chi connectivity index (χ2n) is 5.94. The lowest BCUT2D eigenvalue weighted by Gasteiger charge is -2.12. The van der Waals surface area contributed by atoms with E-state index in [0.717, 1.165) is 16.7 Å². The zero-order valence-corrected chi connectivity index (χ0v) is 17.2. The number of methoxy groups -OCH3 is 2. The summed E-state index contributed by atoms with van der Waals surface area (Å²) in [4.78, 5) is 38.2. The maximum absolute atomic E-state index is 12.6. The average molecular weight is 433 g/mol. The number of carbonyl (C=O) groups excluding carboxylic acids is 3. The van der Waals surface area contributed by atoms with E-state index in [1.54, 1.807) is 48.5 Å². The van der Waals surface area contributed by atoms with Crippen molar-refractivity contribution in [3.05, 3.63) is 58.0 Å². The van der Waals surface area contributed by atoms with Crippen molar-refractivity contribution in [1.82, 2.24) is 4.90 Å². The minimum Gasteiger partial charge on any atom is -0.493 e. The third-order valence-corrected chi connectivity index (χ3v) is 5.17. The summed E-state index contributed by atoms with van der Waals surface area (Å²) < 4.78 is 10.4. The third-order valence-electron chi connectivity index (χ3n) is 4.01. The fourth-order valence-corrected chi connectivity index (χ4v) is 3.57. The molecule has 1 heterocycles. The first-order valence-corrected chi connectivity index (χ1v) is 9.63. The number of carbonyl (C=O) groups is 3. The Labute approximate surface area is 176 Å². The molecule has 2 aromatic carbocycles. The SMILES string of the molecule is COc1ccc(/C=C2/SC(=O)N(CC(=O)Nc3ccc(Cl)cc3)C2=O)cc1OC. The van der Waals surface area contributed by atoms with Gasteiger partial charge in [-0.2, -0.15) is 0 Å². The zero-order valence-electron chi connectivity index (χ0n) is 15.6. The molecule has 29 heavy (non-hydrogen) atoms. The lowest BCUT2D eigenvalue weighted by Crippen LogP contribution is -2.36. The minimum atomic E-state index is -0.527. The fraction of sp³-hybridized carbons (Fsp3) is 0.150. The summed E-state index contributed by atoms with van der Waals surface area (Å²) >= 11 is 6.59. The predicted octanol–water partition coefficient (Wildman–Crippen LogP) is 4.03. The van der Waals surface area contributed by atoms with Gasteiger partial charge in [-0.25, -0.2) is 0 Å². The van der Waals surface area contributed by atoms with E-state index >= 15 is 0 Å². The number of nitrogens with zero attached hydrogens (tertiary/aromatic N) is 1. The molecule has 0 atom stereocenters. The number of hydrogen-bond donors (Lipinski definition) is 1. The van der Waals surface area contributed by atoms with E-state index in [1.807, 2.05) is 0 Å². The van der Waals surface area contributed by atoms with Gasteiger partial charge in [-0.05, 0) is 59.8 Å². The lowest BCUT2D eigenvalue weighted by molar-refractivity contribution is -0.127. The van der Waals surface area contributed by atoms with Crippen LogP contribution >= 0.6 is 23.4 Å². The standard InChI is InChI=1S/C20H17ClN2O5S/c1-27-15-8-3-12(9-16(15)28-2)10-17-19(25)23(20(26)29-17)11-18(24)22-14-6-4-13(21)5-7-14/h3-10H,11H2,1-2H3,(H,22,24)/b17-10+. The Morgan fingerprint density at radius 2 is 1.79 bits per heavy atom. The van der Waals surface area contributed by atoms with Crippen LogP contribution in [0.4, 0.5) is 10.5 Å². The minimum absolute atomic E-state index is 0.224. The van der Waals surface area contributed by atoms with E-state index in [1.165, 1.54) is 14.2 Å². The number of imide groups is 1. The van der Waals surface area contributed by atoms with Crippen molar-refractivity contribution in [2.24, 2.45) is 0 Å². The Bertz CT molecular complexity index is 991. The van der Waals surface area contributed by atoms with E-state index in [9.17, 15) is 14.4 Å². The average Bonchev–Trinajstić information content (AvgIpc) is 2.97. The van der Waals surface area contributed by atoms with Gasteiger partial charge in [0.2, 0.25) is 5.91 Å². The first-order valence-electron chi connectivity index (χ1n) is 8.44. The Morgan fingerprint density at radius 3 is 2.45 bits per heavy atom. The highest BCUT2D eigenvalue weighted by Crippen LogP contribution is 2.34. The number of amides is 3. The highest BCUT2D eigenvalue weighted by atomic mass is 35.5. The lowest BCUT2D eigenvalue weighted by atomic mass is 10.2. The summed E-state index contributed by atoms with van der Waals surface area (Å²) in [5.41, 5.74) is 1.19. The quantitative estimate of drug-likeness (QED) is 0.693. The van der Waals surface area contributed by atoms with Crippen molar-refractivity contribution in [3.8, 4) is 11.5 Å². The molecule has 150 valence electrons. The summed E-state index contributed by atoms with van der Waals surface area (Å²) in [5.74, 6) is 0.0440. The summed E-state index contributed by atoms with van der Waals surface area (Å²) in [6, 6.07) is 11.7. The van der Waals surface area contributed by atoms with Crippen LogP contribution in [0.15, 0.2) is 47.4 Å². The van der Waals surface area contributed by atoms with Gasteiger partial charge in [0.05, 0.1) is 19.1 Å². The highest BCUT2D eigenvalue weighted by molar-refractivity contribution is 8.18. The summed E-state index contributed by atoms with van der Waals surface area (Å²) in [5, 5.41) is 2.66. The molecule has 0 spiro atoms. The molecule has 0 radical (unpaired) electrons. The Balaban J connectivity index is 1.71. The topological polar surface area (TPSA) is 84.9 Å². The molecule has 1 N–H and O–H groups in total. The van der Waals surface area contributed by atoms with E-state index in [2.05, 4.69) is 5.32 Å². The first kappa shape index (κ1) is 20.8. The van der Waals surface area contributed by atoms with Gasteiger partial charge in [-0.1, -0.05) is 17.7 Å². The molecule has 2 aromatic rings. The van der Waals surface area contributed by atoms with Crippen LogP contribution < -0.4 is 14.8 Å². The maximum atomic E-state index is 12.6. The van der Waals surface area contributed by atoms with Crippen molar-refractivity contribution in [2.75, 3.05) is 26.1 Å². The summed E-state index contributed by atoms with van der Waals surface area (Å²) in [6.07, 6.45) is 1.57. The summed E-state index contributed by atoms with van der Waals surface area (Å²) in [7, 11) is 3.03.